The largest absolute Gasteiger partial charge is 0.368 e. The van der Waals surface area contributed by atoms with Gasteiger partial charge in [-0.1, -0.05) is 6.92 Å². The Bertz CT molecular complexity index is 526. The van der Waals surface area contributed by atoms with Gasteiger partial charge in [0.05, 0.1) is 11.9 Å². The fourth-order valence-electron chi connectivity index (χ4n) is 2.20. The topological polar surface area (TPSA) is 69.7 Å². The van der Waals surface area contributed by atoms with Crippen LogP contribution in [0.4, 0.5) is 5.69 Å². The molecule has 3 rings (SSSR count). The first-order valence-corrected chi connectivity index (χ1v) is 6.70. The Kier molecular flexibility index (Phi) is 3.41. The third-order valence-corrected chi connectivity index (χ3v) is 3.33. The molecule has 2 aromatic rings. The number of nitrogens with one attached hydrogen (secondary N) is 2. The minimum Gasteiger partial charge on any atom is -0.368 e. The molecule has 0 aliphatic carbocycles. The summed E-state index contributed by atoms with van der Waals surface area (Å²) >= 11 is 0. The summed E-state index contributed by atoms with van der Waals surface area (Å²) in [5.41, 5.74) is 1.98. The van der Waals surface area contributed by atoms with Crippen LogP contribution >= 0.6 is 0 Å². The molecule has 2 aromatic heterocycles. The number of rotatable bonds is 3. The molecular formula is C13H18N6. The zero-order valence-electron chi connectivity index (χ0n) is 11.1. The molecule has 0 spiro atoms. The van der Waals surface area contributed by atoms with Gasteiger partial charge in [0.25, 0.3) is 0 Å². The van der Waals surface area contributed by atoms with Gasteiger partial charge in [0.2, 0.25) is 0 Å². The highest BCUT2D eigenvalue weighted by atomic mass is 15.2. The summed E-state index contributed by atoms with van der Waals surface area (Å²) in [6, 6.07) is 4.08. The third kappa shape index (κ3) is 2.58. The molecule has 1 aliphatic heterocycles. The van der Waals surface area contributed by atoms with Crippen molar-refractivity contribution in [2.24, 2.45) is 0 Å². The maximum atomic E-state index is 4.46. The zero-order chi connectivity index (χ0) is 13.1. The average molecular weight is 258 g/mol. The molecule has 6 nitrogen and oxygen atoms in total. The molecule has 0 aromatic carbocycles. The molecule has 0 amide bonds. The van der Waals surface area contributed by atoms with E-state index in [1.165, 1.54) is 0 Å². The molecule has 3 heterocycles. The number of hydrogen-bond donors (Lipinski definition) is 2. The molecule has 0 saturated carbocycles. The Labute approximate surface area is 112 Å². The molecule has 0 unspecified atom stereocenters. The Balaban J connectivity index is 1.78. The first-order chi connectivity index (χ1) is 9.36. The van der Waals surface area contributed by atoms with Crippen molar-refractivity contribution in [1.29, 1.82) is 0 Å². The Morgan fingerprint density at radius 1 is 1.26 bits per heavy atom. The molecule has 0 atom stereocenters. The standard InChI is InChI=1S/C13H18N6/c1-2-12-16-13(18-17-12)11-4-3-10(9-15-11)19-7-5-14-6-8-19/h3-4,9,14H,2,5-8H2,1H3,(H,16,17,18). The second-order valence-corrected chi connectivity index (χ2v) is 4.60. The van der Waals surface area contributed by atoms with Crippen molar-refractivity contribution in [3.63, 3.8) is 0 Å². The summed E-state index contributed by atoms with van der Waals surface area (Å²) in [7, 11) is 0. The molecule has 6 heteroatoms. The van der Waals surface area contributed by atoms with Crippen molar-refractivity contribution in [3.05, 3.63) is 24.2 Å². The lowest BCUT2D eigenvalue weighted by Crippen LogP contribution is -2.43. The van der Waals surface area contributed by atoms with Crippen LogP contribution in [0.3, 0.4) is 0 Å². The minimum absolute atomic E-state index is 0.670. The van der Waals surface area contributed by atoms with E-state index < -0.39 is 0 Å². The first-order valence-electron chi connectivity index (χ1n) is 6.70. The van der Waals surface area contributed by atoms with E-state index in [1.807, 2.05) is 19.2 Å². The maximum absolute atomic E-state index is 4.46. The highest BCUT2D eigenvalue weighted by Gasteiger charge is 2.12. The van der Waals surface area contributed by atoms with Crippen molar-refractivity contribution in [1.82, 2.24) is 25.5 Å². The summed E-state index contributed by atoms with van der Waals surface area (Å²) in [5.74, 6) is 1.56. The van der Waals surface area contributed by atoms with E-state index in [9.17, 15) is 0 Å². The van der Waals surface area contributed by atoms with Gasteiger partial charge in [-0.2, -0.15) is 5.10 Å². The van der Waals surface area contributed by atoms with E-state index in [0.29, 0.717) is 5.82 Å². The second-order valence-electron chi connectivity index (χ2n) is 4.60. The number of pyridine rings is 1. The first kappa shape index (κ1) is 12.1. The van der Waals surface area contributed by atoms with Gasteiger partial charge in [-0.25, -0.2) is 4.98 Å². The summed E-state index contributed by atoms with van der Waals surface area (Å²) in [5, 5.41) is 10.4. The van der Waals surface area contributed by atoms with Crippen LogP contribution in [0.2, 0.25) is 0 Å². The number of nitrogens with zero attached hydrogens (tertiary/aromatic N) is 4. The van der Waals surface area contributed by atoms with Gasteiger partial charge in [0, 0.05) is 32.6 Å². The monoisotopic (exact) mass is 258 g/mol. The van der Waals surface area contributed by atoms with E-state index in [2.05, 4.69) is 36.4 Å². The smallest absolute Gasteiger partial charge is 0.199 e. The fourth-order valence-corrected chi connectivity index (χ4v) is 2.20. The molecule has 1 fully saturated rings. The van der Waals surface area contributed by atoms with Crippen molar-refractivity contribution < 1.29 is 0 Å². The van der Waals surface area contributed by atoms with Crippen molar-refractivity contribution in [3.8, 4) is 11.5 Å². The highest BCUT2D eigenvalue weighted by Crippen LogP contribution is 2.18. The lowest BCUT2D eigenvalue weighted by molar-refractivity contribution is 0.589. The lowest BCUT2D eigenvalue weighted by Gasteiger charge is -2.29. The van der Waals surface area contributed by atoms with Crippen LogP contribution in [-0.2, 0) is 6.42 Å². The van der Waals surface area contributed by atoms with Gasteiger partial charge in [0.1, 0.15) is 11.5 Å². The fraction of sp³-hybridized carbons (Fsp3) is 0.462. The Morgan fingerprint density at radius 2 is 2.11 bits per heavy atom. The second kappa shape index (κ2) is 5.36. The van der Waals surface area contributed by atoms with Crippen molar-refractivity contribution in [2.45, 2.75) is 13.3 Å². The molecule has 0 radical (unpaired) electrons. The van der Waals surface area contributed by atoms with E-state index in [4.69, 9.17) is 0 Å². The van der Waals surface area contributed by atoms with Gasteiger partial charge in [-0.15, -0.1) is 0 Å². The number of aryl methyl sites for hydroxylation is 1. The molecule has 19 heavy (non-hydrogen) atoms. The summed E-state index contributed by atoms with van der Waals surface area (Å²) in [6.45, 7) is 6.17. The predicted octanol–water partition coefficient (Wildman–Crippen LogP) is 0.839. The number of piperazine rings is 1. The number of H-pyrrole nitrogens is 1. The van der Waals surface area contributed by atoms with Crippen LogP contribution in [0.5, 0.6) is 0 Å². The van der Waals surface area contributed by atoms with Gasteiger partial charge < -0.3 is 10.2 Å². The number of aromatic amines is 1. The van der Waals surface area contributed by atoms with E-state index in [1.54, 1.807) is 0 Å². The molecule has 0 bridgehead atoms. The van der Waals surface area contributed by atoms with Crippen molar-refractivity contribution in [2.75, 3.05) is 31.1 Å². The highest BCUT2D eigenvalue weighted by molar-refractivity contribution is 5.54. The molecule has 2 N–H and O–H groups in total. The Morgan fingerprint density at radius 3 is 2.74 bits per heavy atom. The predicted molar refractivity (Wildman–Crippen MR) is 74.1 cm³/mol. The number of aromatic nitrogens is 4. The molecule has 100 valence electrons. The Hall–Kier alpha value is -1.95. The summed E-state index contributed by atoms with van der Waals surface area (Å²) in [6.07, 6.45) is 2.76. The molecular weight excluding hydrogens is 240 g/mol. The summed E-state index contributed by atoms with van der Waals surface area (Å²) < 4.78 is 0. The van der Waals surface area contributed by atoms with Gasteiger partial charge >= 0.3 is 0 Å². The van der Waals surface area contributed by atoms with Crippen LogP contribution < -0.4 is 10.2 Å². The molecule has 1 aliphatic rings. The quantitative estimate of drug-likeness (QED) is 0.853. The van der Waals surface area contributed by atoms with Gasteiger partial charge in [-0.05, 0) is 12.1 Å². The maximum Gasteiger partial charge on any atom is 0.199 e. The van der Waals surface area contributed by atoms with Gasteiger partial charge in [0.15, 0.2) is 5.82 Å². The van der Waals surface area contributed by atoms with Crippen LogP contribution in [0.1, 0.15) is 12.7 Å². The van der Waals surface area contributed by atoms with Crippen LogP contribution in [0.15, 0.2) is 18.3 Å². The van der Waals surface area contributed by atoms with Crippen LogP contribution in [0, 0.1) is 0 Å². The third-order valence-electron chi connectivity index (χ3n) is 3.33. The lowest BCUT2D eigenvalue weighted by atomic mass is 10.2. The normalized spacial score (nSPS) is 15.7. The van der Waals surface area contributed by atoms with Gasteiger partial charge in [-0.3, -0.25) is 10.1 Å². The number of hydrogen-bond acceptors (Lipinski definition) is 5. The zero-order valence-corrected chi connectivity index (χ0v) is 11.1. The van der Waals surface area contributed by atoms with E-state index in [0.717, 1.165) is 49.8 Å². The average Bonchev–Trinajstić information content (AvgIpc) is 2.97. The summed E-state index contributed by atoms with van der Waals surface area (Å²) in [4.78, 5) is 11.2. The number of anilines is 1. The van der Waals surface area contributed by atoms with E-state index in [-0.39, 0.29) is 0 Å². The van der Waals surface area contributed by atoms with Crippen LogP contribution in [0.25, 0.3) is 11.5 Å². The van der Waals surface area contributed by atoms with Crippen molar-refractivity contribution >= 4 is 5.69 Å². The molecule has 1 saturated heterocycles. The minimum atomic E-state index is 0.670. The van der Waals surface area contributed by atoms with E-state index >= 15 is 0 Å². The SMILES string of the molecule is CCc1nc(-c2ccc(N3CCNCC3)cn2)n[nH]1. The van der Waals surface area contributed by atoms with Crippen LogP contribution in [-0.4, -0.2) is 46.3 Å².